The average Bonchev–Trinajstić information content (AvgIpc) is 2.46. The number of carbonyl (C=O) groups excluding carboxylic acids is 1. The lowest BCUT2D eigenvalue weighted by Gasteiger charge is -2.22. The number of ether oxygens (including phenoxy) is 2. The number of aryl methyl sites for hydroxylation is 1. The van der Waals surface area contributed by atoms with Gasteiger partial charge in [-0.15, -0.1) is 0 Å². The summed E-state index contributed by atoms with van der Waals surface area (Å²) in [6, 6.07) is 5.50. The highest BCUT2D eigenvalue weighted by Gasteiger charge is 2.15. The van der Waals surface area contributed by atoms with Gasteiger partial charge in [-0.2, -0.15) is 0 Å². The third-order valence-corrected chi connectivity index (χ3v) is 3.50. The first-order valence-corrected chi connectivity index (χ1v) is 6.96. The van der Waals surface area contributed by atoms with Crippen molar-refractivity contribution in [3.8, 4) is 5.75 Å². The van der Waals surface area contributed by atoms with Gasteiger partial charge in [-0.1, -0.05) is 6.07 Å². The minimum atomic E-state index is -0.194. The van der Waals surface area contributed by atoms with Crippen molar-refractivity contribution in [3.05, 3.63) is 23.8 Å². The van der Waals surface area contributed by atoms with E-state index in [0.29, 0.717) is 23.9 Å². The van der Waals surface area contributed by atoms with Gasteiger partial charge in [-0.05, 0) is 43.4 Å². The molecule has 20 heavy (non-hydrogen) atoms. The molecule has 110 valence electrons. The van der Waals surface area contributed by atoms with E-state index in [1.54, 1.807) is 7.11 Å². The molecular formula is C15H22N2O3. The zero-order chi connectivity index (χ0) is 14.4. The molecule has 0 aromatic heterocycles. The van der Waals surface area contributed by atoms with Crippen LogP contribution in [-0.2, 0) is 4.74 Å². The lowest BCUT2D eigenvalue weighted by molar-refractivity contribution is 0.0671. The van der Waals surface area contributed by atoms with Crippen LogP contribution in [0, 0.1) is 12.8 Å². The van der Waals surface area contributed by atoms with Gasteiger partial charge in [-0.25, -0.2) is 4.79 Å². The summed E-state index contributed by atoms with van der Waals surface area (Å²) in [7, 11) is 1.59. The summed E-state index contributed by atoms with van der Waals surface area (Å²) in [5.41, 5.74) is 1.77. The van der Waals surface area contributed by atoms with E-state index in [-0.39, 0.29) is 6.03 Å². The lowest BCUT2D eigenvalue weighted by atomic mass is 10.0. The summed E-state index contributed by atoms with van der Waals surface area (Å²) < 4.78 is 10.5. The normalized spacial score (nSPS) is 15.7. The largest absolute Gasteiger partial charge is 0.495 e. The summed E-state index contributed by atoms with van der Waals surface area (Å²) >= 11 is 0. The van der Waals surface area contributed by atoms with Crippen LogP contribution >= 0.6 is 0 Å². The van der Waals surface area contributed by atoms with Crippen LogP contribution < -0.4 is 15.4 Å². The molecule has 2 N–H and O–H groups in total. The van der Waals surface area contributed by atoms with Crippen molar-refractivity contribution < 1.29 is 14.3 Å². The highest BCUT2D eigenvalue weighted by atomic mass is 16.5. The molecule has 5 nitrogen and oxygen atoms in total. The number of hydrogen-bond acceptors (Lipinski definition) is 3. The monoisotopic (exact) mass is 278 g/mol. The van der Waals surface area contributed by atoms with Crippen molar-refractivity contribution in [2.24, 2.45) is 5.92 Å². The van der Waals surface area contributed by atoms with Gasteiger partial charge >= 0.3 is 6.03 Å². The Morgan fingerprint density at radius 2 is 2.15 bits per heavy atom. The molecule has 1 aromatic carbocycles. The summed E-state index contributed by atoms with van der Waals surface area (Å²) in [4.78, 5) is 11.9. The van der Waals surface area contributed by atoms with Gasteiger partial charge in [0.05, 0.1) is 12.8 Å². The first-order chi connectivity index (χ1) is 9.69. The number of benzene rings is 1. The summed E-state index contributed by atoms with van der Waals surface area (Å²) in [6.07, 6.45) is 2.02. The molecule has 1 saturated heterocycles. The van der Waals surface area contributed by atoms with Gasteiger partial charge in [0.1, 0.15) is 5.75 Å². The van der Waals surface area contributed by atoms with Crippen LogP contribution in [0.5, 0.6) is 5.75 Å². The topological polar surface area (TPSA) is 59.6 Å². The molecule has 1 fully saturated rings. The van der Waals surface area contributed by atoms with Gasteiger partial charge in [0.2, 0.25) is 0 Å². The number of carbonyl (C=O) groups is 1. The van der Waals surface area contributed by atoms with Crippen LogP contribution in [0.2, 0.25) is 0 Å². The second kappa shape index (κ2) is 7.14. The maximum absolute atomic E-state index is 11.9. The van der Waals surface area contributed by atoms with Crippen molar-refractivity contribution in [3.63, 3.8) is 0 Å². The van der Waals surface area contributed by atoms with E-state index in [9.17, 15) is 4.79 Å². The standard InChI is InChI=1S/C15H22N2O3/c1-11-3-4-14(19-2)13(9-11)17-15(18)16-10-12-5-7-20-8-6-12/h3-4,9,12H,5-8,10H2,1-2H3,(H2,16,17,18). The zero-order valence-electron chi connectivity index (χ0n) is 12.1. The Morgan fingerprint density at radius 3 is 2.85 bits per heavy atom. The van der Waals surface area contributed by atoms with Crippen molar-refractivity contribution in [2.75, 3.05) is 32.2 Å². The van der Waals surface area contributed by atoms with Crippen molar-refractivity contribution in [2.45, 2.75) is 19.8 Å². The molecule has 5 heteroatoms. The molecule has 1 aliphatic rings. The van der Waals surface area contributed by atoms with Gasteiger partial charge in [0.25, 0.3) is 0 Å². The van der Waals surface area contributed by atoms with Gasteiger partial charge in [-0.3, -0.25) is 0 Å². The van der Waals surface area contributed by atoms with E-state index < -0.39 is 0 Å². The number of hydrogen-bond donors (Lipinski definition) is 2. The number of rotatable bonds is 4. The Balaban J connectivity index is 1.86. The van der Waals surface area contributed by atoms with Crippen molar-refractivity contribution >= 4 is 11.7 Å². The van der Waals surface area contributed by atoms with Crippen LogP contribution in [0.4, 0.5) is 10.5 Å². The second-order valence-corrected chi connectivity index (χ2v) is 5.09. The molecular weight excluding hydrogens is 256 g/mol. The Bertz CT molecular complexity index is 456. The first-order valence-electron chi connectivity index (χ1n) is 6.96. The smallest absolute Gasteiger partial charge is 0.319 e. The van der Waals surface area contributed by atoms with Crippen molar-refractivity contribution in [1.29, 1.82) is 0 Å². The number of nitrogens with one attached hydrogen (secondary N) is 2. The van der Waals surface area contributed by atoms with Crippen LogP contribution in [0.3, 0.4) is 0 Å². The quantitative estimate of drug-likeness (QED) is 0.890. The molecule has 0 saturated carbocycles. The van der Waals surface area contributed by atoms with Gasteiger partial charge < -0.3 is 20.1 Å². The number of methoxy groups -OCH3 is 1. The highest BCUT2D eigenvalue weighted by Crippen LogP contribution is 2.25. The number of amides is 2. The third-order valence-electron chi connectivity index (χ3n) is 3.50. The number of anilines is 1. The van der Waals surface area contributed by atoms with Crippen LogP contribution in [0.15, 0.2) is 18.2 Å². The molecule has 0 aliphatic carbocycles. The average molecular weight is 278 g/mol. The number of urea groups is 1. The van der Waals surface area contributed by atoms with E-state index in [0.717, 1.165) is 31.6 Å². The molecule has 2 amide bonds. The lowest BCUT2D eigenvalue weighted by Crippen LogP contribution is -2.35. The van der Waals surface area contributed by atoms with Gasteiger partial charge in [0.15, 0.2) is 0 Å². The minimum absolute atomic E-state index is 0.194. The highest BCUT2D eigenvalue weighted by molar-refractivity contribution is 5.91. The maximum Gasteiger partial charge on any atom is 0.319 e. The first kappa shape index (κ1) is 14.7. The molecule has 0 bridgehead atoms. The molecule has 0 spiro atoms. The second-order valence-electron chi connectivity index (χ2n) is 5.09. The minimum Gasteiger partial charge on any atom is -0.495 e. The Kier molecular flexibility index (Phi) is 5.24. The zero-order valence-corrected chi connectivity index (χ0v) is 12.1. The molecule has 0 atom stereocenters. The van der Waals surface area contributed by atoms with Crippen LogP contribution in [0.25, 0.3) is 0 Å². The fourth-order valence-electron chi connectivity index (χ4n) is 2.27. The fraction of sp³-hybridized carbons (Fsp3) is 0.533. The molecule has 2 rings (SSSR count). The van der Waals surface area contributed by atoms with Crippen molar-refractivity contribution in [1.82, 2.24) is 5.32 Å². The molecule has 0 radical (unpaired) electrons. The summed E-state index contributed by atoms with van der Waals surface area (Å²) in [6.45, 7) is 4.24. The van der Waals surface area contributed by atoms with Gasteiger partial charge in [0, 0.05) is 19.8 Å². The van der Waals surface area contributed by atoms with E-state index in [1.165, 1.54) is 0 Å². The Labute approximate surface area is 119 Å². The van der Waals surface area contributed by atoms with E-state index in [2.05, 4.69) is 10.6 Å². The maximum atomic E-state index is 11.9. The fourth-order valence-corrected chi connectivity index (χ4v) is 2.27. The SMILES string of the molecule is COc1ccc(C)cc1NC(=O)NCC1CCOCC1. The van der Waals surface area contributed by atoms with E-state index in [4.69, 9.17) is 9.47 Å². The van der Waals surface area contributed by atoms with E-state index >= 15 is 0 Å². The predicted molar refractivity (Wildman–Crippen MR) is 78.3 cm³/mol. The Morgan fingerprint density at radius 1 is 1.40 bits per heavy atom. The van der Waals surface area contributed by atoms with Crippen LogP contribution in [-0.4, -0.2) is 32.9 Å². The molecule has 1 heterocycles. The molecule has 1 aromatic rings. The Hall–Kier alpha value is -1.75. The summed E-state index contributed by atoms with van der Waals surface area (Å²) in [5.74, 6) is 1.17. The molecule has 0 unspecified atom stereocenters. The summed E-state index contributed by atoms with van der Waals surface area (Å²) in [5, 5.41) is 5.75. The molecule has 1 aliphatic heterocycles. The van der Waals surface area contributed by atoms with E-state index in [1.807, 2.05) is 25.1 Å². The predicted octanol–water partition coefficient (Wildman–Crippen LogP) is 2.55. The van der Waals surface area contributed by atoms with Crippen LogP contribution in [0.1, 0.15) is 18.4 Å². The third kappa shape index (κ3) is 4.13.